The summed E-state index contributed by atoms with van der Waals surface area (Å²) in [7, 11) is -7.98. The van der Waals surface area contributed by atoms with Gasteiger partial charge >= 0.3 is 0 Å². The van der Waals surface area contributed by atoms with Crippen molar-refractivity contribution in [2.75, 3.05) is 11.5 Å². The Hall–Kier alpha value is -0.140. The van der Waals surface area contributed by atoms with Crippen molar-refractivity contribution in [3.63, 3.8) is 0 Å². The zero-order valence-corrected chi connectivity index (χ0v) is 12.5. The minimum absolute atomic E-state index is 0.112. The molecule has 0 saturated heterocycles. The summed E-state index contributed by atoms with van der Waals surface area (Å²) in [6, 6.07) is 0. The molecule has 0 amide bonds. The molecule has 2 atom stereocenters. The van der Waals surface area contributed by atoms with E-state index in [1.165, 1.54) is 0 Å². The van der Waals surface area contributed by atoms with Gasteiger partial charge in [-0.05, 0) is 11.8 Å². The molecule has 17 heavy (non-hydrogen) atoms. The largest absolute Gasteiger partial charge is 0.282 e. The lowest BCUT2D eigenvalue weighted by Gasteiger charge is -2.11. The summed E-state index contributed by atoms with van der Waals surface area (Å²) in [6.07, 6.45) is 1.32. The van der Waals surface area contributed by atoms with Crippen LogP contribution in [-0.2, 0) is 23.9 Å². The maximum atomic E-state index is 11.5. The molecule has 0 aliphatic rings. The third-order valence-corrected chi connectivity index (χ3v) is 6.19. The van der Waals surface area contributed by atoms with Crippen LogP contribution >= 0.6 is 0 Å². The quantitative estimate of drug-likeness (QED) is 0.679. The summed E-state index contributed by atoms with van der Waals surface area (Å²) >= 11 is 0. The van der Waals surface area contributed by atoms with Crippen molar-refractivity contribution in [2.45, 2.75) is 40.5 Å². The van der Waals surface area contributed by atoms with Crippen LogP contribution in [0.1, 0.15) is 40.5 Å². The molecule has 0 heterocycles. The predicted molar refractivity (Wildman–Crippen MR) is 67.6 cm³/mol. The van der Waals surface area contributed by atoms with Gasteiger partial charge in [-0.3, -0.25) is 0 Å². The third kappa shape index (κ3) is 7.72. The molecule has 0 radical (unpaired) electrons. The lowest BCUT2D eigenvalue weighted by molar-refractivity contribution is 0.444. The molecule has 0 bridgehead atoms. The standard InChI is InChI=1S/C10H22O5S2/c1-5-9(3)7-16(11,12)15-17(13,14)8-10(4)6-2/h9-10H,5-8H2,1-4H3. The number of hydrogen-bond donors (Lipinski definition) is 0. The fraction of sp³-hybridized carbons (Fsp3) is 1.00. The van der Waals surface area contributed by atoms with Crippen LogP contribution in [0.25, 0.3) is 0 Å². The van der Waals surface area contributed by atoms with Crippen molar-refractivity contribution < 1.29 is 20.5 Å². The Morgan fingerprint density at radius 2 is 1.12 bits per heavy atom. The zero-order valence-electron chi connectivity index (χ0n) is 10.8. The Kier molecular flexibility index (Phi) is 6.65. The minimum Gasteiger partial charge on any atom is -0.198 e. The molecule has 0 rings (SSSR count). The van der Waals surface area contributed by atoms with Gasteiger partial charge in [0.25, 0.3) is 20.2 Å². The smallest absolute Gasteiger partial charge is 0.198 e. The lowest BCUT2D eigenvalue weighted by atomic mass is 10.2. The second-order valence-electron chi connectivity index (χ2n) is 4.54. The van der Waals surface area contributed by atoms with E-state index < -0.39 is 20.2 Å². The van der Waals surface area contributed by atoms with Gasteiger partial charge in [-0.15, -0.1) is 3.63 Å². The van der Waals surface area contributed by atoms with Crippen molar-refractivity contribution in [1.29, 1.82) is 0 Å². The van der Waals surface area contributed by atoms with Gasteiger partial charge in [0.2, 0.25) is 0 Å². The van der Waals surface area contributed by atoms with Gasteiger partial charge in [-0.25, -0.2) is 0 Å². The Labute approximate surface area is 105 Å². The number of rotatable bonds is 8. The van der Waals surface area contributed by atoms with Crippen molar-refractivity contribution in [3.8, 4) is 0 Å². The normalized spacial score (nSPS) is 16.7. The molecule has 0 aromatic rings. The average molecular weight is 286 g/mol. The lowest BCUT2D eigenvalue weighted by Crippen LogP contribution is -2.24. The van der Waals surface area contributed by atoms with E-state index >= 15 is 0 Å². The molecule has 0 fully saturated rings. The van der Waals surface area contributed by atoms with Crippen LogP contribution in [0.3, 0.4) is 0 Å². The van der Waals surface area contributed by atoms with E-state index in [1.54, 1.807) is 13.8 Å². The molecular weight excluding hydrogens is 264 g/mol. The van der Waals surface area contributed by atoms with Crippen LogP contribution in [0.15, 0.2) is 0 Å². The summed E-state index contributed by atoms with van der Waals surface area (Å²) in [5.41, 5.74) is 0. The molecule has 0 aromatic carbocycles. The maximum Gasteiger partial charge on any atom is 0.282 e. The first-order chi connectivity index (χ1) is 7.62. The molecule has 5 nitrogen and oxygen atoms in total. The fourth-order valence-corrected chi connectivity index (χ4v) is 4.72. The summed E-state index contributed by atoms with van der Waals surface area (Å²) in [4.78, 5) is 0. The van der Waals surface area contributed by atoms with Crippen molar-refractivity contribution in [1.82, 2.24) is 0 Å². The highest BCUT2D eigenvalue weighted by Crippen LogP contribution is 2.13. The first-order valence-corrected chi connectivity index (χ1v) is 8.93. The molecule has 0 aliphatic heterocycles. The average Bonchev–Trinajstić information content (AvgIpc) is 2.13. The highest BCUT2D eigenvalue weighted by molar-refractivity contribution is 7.99. The molecule has 0 spiro atoms. The minimum atomic E-state index is -3.99. The molecule has 0 aromatic heterocycles. The maximum absolute atomic E-state index is 11.5. The summed E-state index contributed by atoms with van der Waals surface area (Å²) < 4.78 is 50.3. The Bertz CT molecular complexity index is 370. The Morgan fingerprint density at radius 3 is 1.35 bits per heavy atom. The summed E-state index contributed by atoms with van der Waals surface area (Å²) in [5.74, 6) is -0.746. The van der Waals surface area contributed by atoms with Gasteiger partial charge in [0, 0.05) is 0 Å². The van der Waals surface area contributed by atoms with E-state index in [1.807, 2.05) is 13.8 Å². The molecular formula is C10H22O5S2. The van der Waals surface area contributed by atoms with E-state index in [0.717, 1.165) is 0 Å². The van der Waals surface area contributed by atoms with Gasteiger partial charge < -0.3 is 0 Å². The van der Waals surface area contributed by atoms with Gasteiger partial charge in [-0.2, -0.15) is 16.8 Å². The summed E-state index contributed by atoms with van der Waals surface area (Å²) in [5, 5.41) is 0. The van der Waals surface area contributed by atoms with E-state index in [9.17, 15) is 16.8 Å². The van der Waals surface area contributed by atoms with E-state index in [0.29, 0.717) is 12.8 Å². The molecule has 0 N–H and O–H groups in total. The molecule has 104 valence electrons. The fourth-order valence-electron chi connectivity index (χ4n) is 1.15. The molecule has 0 saturated carbocycles. The van der Waals surface area contributed by atoms with Gasteiger partial charge in [0.15, 0.2) is 0 Å². The molecule has 0 aliphatic carbocycles. The van der Waals surface area contributed by atoms with Crippen LogP contribution in [0, 0.1) is 11.8 Å². The monoisotopic (exact) mass is 286 g/mol. The Balaban J connectivity index is 4.61. The van der Waals surface area contributed by atoms with Gasteiger partial charge in [0.05, 0.1) is 11.5 Å². The first kappa shape index (κ1) is 16.9. The predicted octanol–water partition coefficient (Wildman–Crippen LogP) is 1.75. The van der Waals surface area contributed by atoms with Crippen molar-refractivity contribution >= 4 is 20.2 Å². The first-order valence-electron chi connectivity index (χ1n) is 5.78. The van der Waals surface area contributed by atoms with Crippen LogP contribution in [-0.4, -0.2) is 28.3 Å². The second kappa shape index (κ2) is 6.70. The van der Waals surface area contributed by atoms with E-state index in [4.69, 9.17) is 0 Å². The highest BCUT2D eigenvalue weighted by atomic mass is 32.3. The Morgan fingerprint density at radius 1 is 0.824 bits per heavy atom. The van der Waals surface area contributed by atoms with Crippen molar-refractivity contribution in [3.05, 3.63) is 0 Å². The molecule has 2 unspecified atom stereocenters. The third-order valence-electron chi connectivity index (χ3n) is 2.58. The summed E-state index contributed by atoms with van der Waals surface area (Å²) in [6.45, 7) is 7.16. The second-order valence-corrected chi connectivity index (χ2v) is 7.99. The van der Waals surface area contributed by atoms with Crippen LogP contribution in [0.4, 0.5) is 0 Å². The molecule has 7 heteroatoms. The van der Waals surface area contributed by atoms with E-state index in [-0.39, 0.29) is 23.3 Å². The van der Waals surface area contributed by atoms with Crippen LogP contribution in [0.2, 0.25) is 0 Å². The SMILES string of the molecule is CCC(C)CS(=O)(=O)OS(=O)(=O)CC(C)CC. The zero-order chi connectivity index (χ0) is 13.7. The van der Waals surface area contributed by atoms with Gasteiger partial charge in [-0.1, -0.05) is 40.5 Å². The van der Waals surface area contributed by atoms with Crippen LogP contribution in [0.5, 0.6) is 0 Å². The van der Waals surface area contributed by atoms with Crippen LogP contribution < -0.4 is 0 Å². The van der Waals surface area contributed by atoms with Crippen molar-refractivity contribution in [2.24, 2.45) is 11.8 Å². The van der Waals surface area contributed by atoms with Gasteiger partial charge in [0.1, 0.15) is 0 Å². The van der Waals surface area contributed by atoms with E-state index in [2.05, 4.69) is 3.63 Å². The highest BCUT2D eigenvalue weighted by Gasteiger charge is 2.25. The topological polar surface area (TPSA) is 77.5 Å². The number of hydrogen-bond acceptors (Lipinski definition) is 5.